The Kier molecular flexibility index (Phi) is 5.82. The Hall–Kier alpha value is -2.49. The number of hydrogen-bond acceptors (Lipinski definition) is 6. The van der Waals surface area contributed by atoms with Gasteiger partial charge in [-0.3, -0.25) is 30.1 Å². The smallest absolute Gasteiger partial charge is 0.269 e. The van der Waals surface area contributed by atoms with Crippen molar-refractivity contribution in [2.75, 3.05) is 6.54 Å². The molecule has 2 heterocycles. The molecule has 0 spiro atoms. The maximum absolute atomic E-state index is 12.4. The van der Waals surface area contributed by atoms with Crippen LogP contribution in [0.15, 0.2) is 52.7 Å². The highest BCUT2D eigenvalue weighted by atomic mass is 32.2. The van der Waals surface area contributed by atoms with Crippen LogP contribution in [-0.2, 0) is 9.59 Å². The summed E-state index contributed by atoms with van der Waals surface area (Å²) in [6.45, 7) is -0.262. The van der Waals surface area contributed by atoms with Crippen molar-refractivity contribution in [3.8, 4) is 0 Å². The van der Waals surface area contributed by atoms with E-state index in [0.29, 0.717) is 14.8 Å². The normalized spacial score (nSPS) is 15.4. The monoisotopic (exact) mass is 403 g/mol. The third-order valence-electron chi connectivity index (χ3n) is 3.34. The Morgan fingerprint density at radius 2 is 1.88 bits per heavy atom. The van der Waals surface area contributed by atoms with Crippen LogP contribution in [0.5, 0.6) is 0 Å². The Morgan fingerprint density at radius 1 is 1.12 bits per heavy atom. The fourth-order valence-corrected chi connectivity index (χ4v) is 4.09. The molecule has 0 aliphatic carbocycles. The number of carbonyl (C=O) groups excluding carboxylic acids is 3. The zero-order chi connectivity index (χ0) is 18.5. The van der Waals surface area contributed by atoms with Gasteiger partial charge in [0.25, 0.3) is 17.7 Å². The number of nitrogens with one attached hydrogen (secondary N) is 2. The van der Waals surface area contributed by atoms with Gasteiger partial charge in [-0.1, -0.05) is 48.2 Å². The number of hydrazine groups is 1. The number of carbonyl (C=O) groups is 3. The minimum absolute atomic E-state index is 0.262. The molecule has 1 saturated heterocycles. The molecule has 132 valence electrons. The van der Waals surface area contributed by atoms with Gasteiger partial charge < -0.3 is 0 Å². The molecule has 0 saturated carbocycles. The SMILES string of the molecule is O=C(CN1C(=O)C(=Cc2cccs2)SC1=S)NNC(=O)c1ccccc1. The minimum Gasteiger partial charge on any atom is -0.283 e. The van der Waals surface area contributed by atoms with Crippen molar-refractivity contribution in [2.24, 2.45) is 0 Å². The van der Waals surface area contributed by atoms with Crippen LogP contribution in [0.2, 0.25) is 0 Å². The molecule has 1 fully saturated rings. The van der Waals surface area contributed by atoms with Crippen molar-refractivity contribution < 1.29 is 14.4 Å². The summed E-state index contributed by atoms with van der Waals surface area (Å²) in [4.78, 5) is 39.0. The zero-order valence-electron chi connectivity index (χ0n) is 13.3. The maximum atomic E-state index is 12.4. The summed E-state index contributed by atoms with van der Waals surface area (Å²) in [5.41, 5.74) is 5.02. The molecular formula is C17H13N3O3S3. The molecule has 0 unspecified atom stereocenters. The number of thiophene rings is 1. The van der Waals surface area contributed by atoms with Gasteiger partial charge >= 0.3 is 0 Å². The summed E-state index contributed by atoms with van der Waals surface area (Å²) < 4.78 is 0.308. The molecule has 1 aliphatic rings. The van der Waals surface area contributed by atoms with Gasteiger partial charge in [0.15, 0.2) is 0 Å². The second-order valence-electron chi connectivity index (χ2n) is 5.15. The molecule has 3 amide bonds. The van der Waals surface area contributed by atoms with Gasteiger partial charge in [-0.05, 0) is 29.7 Å². The van der Waals surface area contributed by atoms with Crippen LogP contribution in [0.3, 0.4) is 0 Å². The van der Waals surface area contributed by atoms with Gasteiger partial charge in [0.1, 0.15) is 10.9 Å². The van der Waals surface area contributed by atoms with Crippen LogP contribution in [0.25, 0.3) is 6.08 Å². The quantitative estimate of drug-likeness (QED) is 0.466. The van der Waals surface area contributed by atoms with Crippen molar-refractivity contribution in [3.63, 3.8) is 0 Å². The molecule has 2 N–H and O–H groups in total. The van der Waals surface area contributed by atoms with Crippen LogP contribution >= 0.6 is 35.3 Å². The molecule has 3 rings (SSSR count). The summed E-state index contributed by atoms with van der Waals surface area (Å²) in [6, 6.07) is 12.3. The first-order chi connectivity index (χ1) is 12.5. The van der Waals surface area contributed by atoms with Gasteiger partial charge in [0.2, 0.25) is 0 Å². The summed E-state index contributed by atoms with van der Waals surface area (Å²) in [6.07, 6.45) is 1.75. The number of amides is 3. The second kappa shape index (κ2) is 8.26. The minimum atomic E-state index is -0.539. The molecule has 1 aromatic heterocycles. The highest BCUT2D eigenvalue weighted by molar-refractivity contribution is 8.26. The molecule has 6 nitrogen and oxygen atoms in total. The topological polar surface area (TPSA) is 78.5 Å². The summed E-state index contributed by atoms with van der Waals surface area (Å²) in [7, 11) is 0. The van der Waals surface area contributed by atoms with Crippen molar-refractivity contribution in [3.05, 3.63) is 63.2 Å². The zero-order valence-corrected chi connectivity index (χ0v) is 15.7. The van der Waals surface area contributed by atoms with E-state index in [1.807, 2.05) is 17.5 Å². The summed E-state index contributed by atoms with van der Waals surface area (Å²) in [5.74, 6) is -1.30. The number of thiocarbonyl (C=S) groups is 1. The molecule has 1 aliphatic heterocycles. The third kappa shape index (κ3) is 4.37. The first-order valence-corrected chi connectivity index (χ1v) is 9.58. The molecule has 26 heavy (non-hydrogen) atoms. The third-order valence-corrected chi connectivity index (χ3v) is 5.54. The Bertz CT molecular complexity index is 879. The van der Waals surface area contributed by atoms with Crippen LogP contribution < -0.4 is 10.9 Å². The molecule has 0 radical (unpaired) electrons. The van der Waals surface area contributed by atoms with Crippen LogP contribution in [0.1, 0.15) is 15.2 Å². The van der Waals surface area contributed by atoms with E-state index in [0.717, 1.165) is 16.6 Å². The lowest BCUT2D eigenvalue weighted by atomic mass is 10.2. The molecule has 1 aromatic carbocycles. The molecule has 0 bridgehead atoms. The lowest BCUT2D eigenvalue weighted by Gasteiger charge is -2.14. The van der Waals surface area contributed by atoms with Crippen molar-refractivity contribution >= 4 is 63.4 Å². The van der Waals surface area contributed by atoms with E-state index >= 15 is 0 Å². The van der Waals surface area contributed by atoms with E-state index in [-0.39, 0.29) is 12.5 Å². The van der Waals surface area contributed by atoms with E-state index in [9.17, 15) is 14.4 Å². The van der Waals surface area contributed by atoms with E-state index in [1.165, 1.54) is 16.2 Å². The number of hydrogen-bond donors (Lipinski definition) is 2. The number of benzene rings is 1. The molecular weight excluding hydrogens is 390 g/mol. The van der Waals surface area contributed by atoms with Gasteiger partial charge in [-0.15, -0.1) is 11.3 Å². The lowest BCUT2D eigenvalue weighted by molar-refractivity contribution is -0.129. The number of rotatable bonds is 4. The van der Waals surface area contributed by atoms with E-state index in [1.54, 1.807) is 36.4 Å². The van der Waals surface area contributed by atoms with Gasteiger partial charge in [-0.2, -0.15) is 0 Å². The van der Waals surface area contributed by atoms with Gasteiger partial charge in [-0.25, -0.2) is 0 Å². The largest absolute Gasteiger partial charge is 0.283 e. The average Bonchev–Trinajstić information content (AvgIpc) is 3.25. The van der Waals surface area contributed by atoms with E-state index in [2.05, 4.69) is 10.9 Å². The van der Waals surface area contributed by atoms with Crippen LogP contribution in [0, 0.1) is 0 Å². The van der Waals surface area contributed by atoms with Gasteiger partial charge in [0, 0.05) is 10.4 Å². The summed E-state index contributed by atoms with van der Waals surface area (Å²) in [5, 5.41) is 1.91. The second-order valence-corrected chi connectivity index (χ2v) is 7.81. The Balaban J connectivity index is 1.56. The Morgan fingerprint density at radius 3 is 2.58 bits per heavy atom. The standard InChI is InChI=1S/C17H13N3O3S3/c21-14(18-19-15(22)11-5-2-1-3-6-11)10-20-16(23)13(26-17(20)24)9-12-7-4-8-25-12/h1-9H,10H2,(H,18,21)(H,19,22). The lowest BCUT2D eigenvalue weighted by Crippen LogP contribution is -2.47. The van der Waals surface area contributed by atoms with E-state index in [4.69, 9.17) is 12.2 Å². The number of nitrogens with zero attached hydrogens (tertiary/aromatic N) is 1. The van der Waals surface area contributed by atoms with Crippen molar-refractivity contribution in [2.45, 2.75) is 0 Å². The molecule has 9 heteroatoms. The average molecular weight is 404 g/mol. The Labute approximate surface area is 163 Å². The van der Waals surface area contributed by atoms with Crippen molar-refractivity contribution in [1.29, 1.82) is 0 Å². The fraction of sp³-hybridized carbons (Fsp3) is 0.0588. The van der Waals surface area contributed by atoms with Crippen LogP contribution in [-0.4, -0.2) is 33.5 Å². The molecule has 0 atom stereocenters. The predicted molar refractivity (Wildman–Crippen MR) is 106 cm³/mol. The maximum Gasteiger partial charge on any atom is 0.269 e. The predicted octanol–water partition coefficient (Wildman–Crippen LogP) is 2.41. The van der Waals surface area contributed by atoms with E-state index < -0.39 is 11.8 Å². The molecule has 2 aromatic rings. The fourth-order valence-electron chi connectivity index (χ4n) is 2.11. The summed E-state index contributed by atoms with van der Waals surface area (Å²) >= 11 is 7.84. The van der Waals surface area contributed by atoms with Crippen LogP contribution in [0.4, 0.5) is 0 Å². The van der Waals surface area contributed by atoms with Gasteiger partial charge in [0.05, 0.1) is 4.91 Å². The number of thioether (sulfide) groups is 1. The highest BCUT2D eigenvalue weighted by Crippen LogP contribution is 2.32. The van der Waals surface area contributed by atoms with Crippen molar-refractivity contribution in [1.82, 2.24) is 15.8 Å². The first-order valence-electron chi connectivity index (χ1n) is 7.47. The first kappa shape index (κ1) is 18.3. The highest BCUT2D eigenvalue weighted by Gasteiger charge is 2.33.